The minimum atomic E-state index is -0.758. The summed E-state index contributed by atoms with van der Waals surface area (Å²) in [5.74, 6) is -0.794. The number of hydrogen-bond acceptors (Lipinski definition) is 9. The molecular formula is C35H36F2N8O3S. The van der Waals surface area contributed by atoms with Gasteiger partial charge in [-0.05, 0) is 30.5 Å². The Bertz CT molecular complexity index is 2090. The van der Waals surface area contributed by atoms with Gasteiger partial charge >= 0.3 is 0 Å². The van der Waals surface area contributed by atoms with Crippen molar-refractivity contribution >= 4 is 38.8 Å². The monoisotopic (exact) mass is 686 g/mol. The summed E-state index contributed by atoms with van der Waals surface area (Å²) in [6, 6.07) is 5.74. The molecule has 3 aliphatic rings. The minimum Gasteiger partial charge on any atom is -0.490 e. The molecule has 5 aromatic rings. The smallest absolute Gasteiger partial charge is 0.246 e. The average Bonchev–Trinajstić information content (AvgIpc) is 3.80. The summed E-state index contributed by atoms with van der Waals surface area (Å²) in [5.41, 5.74) is 3.71. The number of ether oxygens (including phenoxy) is 2. The summed E-state index contributed by atoms with van der Waals surface area (Å²) >= 11 is 1.47. The summed E-state index contributed by atoms with van der Waals surface area (Å²) in [7, 11) is 3.46. The van der Waals surface area contributed by atoms with Gasteiger partial charge in [0.25, 0.3) is 0 Å². The van der Waals surface area contributed by atoms with Crippen molar-refractivity contribution in [1.82, 2.24) is 29.4 Å². The van der Waals surface area contributed by atoms with Crippen molar-refractivity contribution in [1.29, 1.82) is 0 Å². The van der Waals surface area contributed by atoms with Gasteiger partial charge in [-0.3, -0.25) is 14.2 Å². The molecule has 3 aliphatic heterocycles. The summed E-state index contributed by atoms with van der Waals surface area (Å²) in [5, 5.41) is 12.1. The van der Waals surface area contributed by atoms with Gasteiger partial charge in [-0.25, -0.2) is 13.8 Å². The standard InChI is InChI=1S/C35H36F2N8O3S/c1-5-29(46)44-7-8-45-27(21(44)2)14-26(40-45)32-31(30-25(37)12-22(36)13-28(30)48-10-9-47-4)33-24(6-11-49-33)34(39-32)43-19-35(20-43)17-42(18-35)23-15-38-41(3)16-23/h5-6,11-16,21H,1,7-10,17-20H2,2-4H3/t21-/m1/s1. The van der Waals surface area contributed by atoms with Crippen LogP contribution in [-0.2, 0) is 23.1 Å². The molecule has 49 heavy (non-hydrogen) atoms. The topological polar surface area (TPSA) is 93.8 Å². The van der Waals surface area contributed by atoms with Crippen molar-refractivity contribution in [3.63, 3.8) is 0 Å². The highest BCUT2D eigenvalue weighted by atomic mass is 32.1. The molecule has 254 valence electrons. The maximum atomic E-state index is 16.1. The fourth-order valence-corrected chi connectivity index (χ4v) is 8.42. The molecule has 1 amide bonds. The predicted molar refractivity (Wildman–Crippen MR) is 184 cm³/mol. The average molecular weight is 687 g/mol. The first-order valence-corrected chi connectivity index (χ1v) is 17.1. The second-order valence-corrected chi connectivity index (χ2v) is 14.0. The van der Waals surface area contributed by atoms with Gasteiger partial charge in [0.15, 0.2) is 0 Å². The zero-order valence-electron chi connectivity index (χ0n) is 27.5. The van der Waals surface area contributed by atoms with Crippen molar-refractivity contribution in [2.24, 2.45) is 12.5 Å². The van der Waals surface area contributed by atoms with E-state index < -0.39 is 11.6 Å². The molecule has 0 bridgehead atoms. The van der Waals surface area contributed by atoms with E-state index in [4.69, 9.17) is 19.6 Å². The lowest BCUT2D eigenvalue weighted by Gasteiger charge is -2.61. The number of aryl methyl sites for hydroxylation is 1. The van der Waals surface area contributed by atoms with Crippen LogP contribution in [0.5, 0.6) is 5.75 Å². The maximum Gasteiger partial charge on any atom is 0.246 e. The molecule has 2 fully saturated rings. The number of carbonyl (C=O) groups is 1. The van der Waals surface area contributed by atoms with Crippen molar-refractivity contribution in [2.45, 2.75) is 19.5 Å². The van der Waals surface area contributed by atoms with Crippen LogP contribution in [0.1, 0.15) is 18.7 Å². The molecular weight excluding hydrogens is 651 g/mol. The Morgan fingerprint density at radius 3 is 2.65 bits per heavy atom. The van der Waals surface area contributed by atoms with E-state index in [1.54, 1.807) is 4.90 Å². The number of benzene rings is 1. The molecule has 0 aliphatic carbocycles. The molecule has 1 aromatic carbocycles. The zero-order valence-corrected chi connectivity index (χ0v) is 28.3. The lowest BCUT2D eigenvalue weighted by atomic mass is 9.72. The van der Waals surface area contributed by atoms with E-state index >= 15 is 4.39 Å². The summed E-state index contributed by atoms with van der Waals surface area (Å²) in [6.45, 7) is 10.4. The van der Waals surface area contributed by atoms with Gasteiger partial charge in [0.05, 0.1) is 42.3 Å². The fraction of sp³-hybridized carbons (Fsp3) is 0.371. The van der Waals surface area contributed by atoms with Gasteiger partial charge in [0.1, 0.15) is 41.2 Å². The number of rotatable bonds is 9. The number of aromatic nitrogens is 5. The van der Waals surface area contributed by atoms with Crippen LogP contribution in [0.15, 0.2) is 54.7 Å². The third-order valence-electron chi connectivity index (χ3n) is 9.82. The molecule has 11 nitrogen and oxygen atoms in total. The molecule has 8 rings (SSSR count). The number of thiophene rings is 1. The summed E-state index contributed by atoms with van der Waals surface area (Å²) in [6.07, 6.45) is 5.25. The van der Waals surface area contributed by atoms with Gasteiger partial charge in [0, 0.05) is 86.3 Å². The van der Waals surface area contributed by atoms with Gasteiger partial charge in [-0.2, -0.15) is 10.2 Å². The summed E-state index contributed by atoms with van der Waals surface area (Å²) in [4.78, 5) is 24.3. The third-order valence-corrected chi connectivity index (χ3v) is 10.8. The maximum absolute atomic E-state index is 16.1. The number of nitrogens with zero attached hydrogens (tertiary/aromatic N) is 8. The van der Waals surface area contributed by atoms with E-state index in [0.717, 1.165) is 59.5 Å². The van der Waals surface area contributed by atoms with E-state index in [0.29, 0.717) is 30.0 Å². The number of halogens is 2. The molecule has 0 radical (unpaired) electrons. The largest absolute Gasteiger partial charge is 0.490 e. The van der Waals surface area contributed by atoms with Crippen molar-refractivity contribution in [3.8, 4) is 28.3 Å². The number of methoxy groups -OCH3 is 1. The van der Waals surface area contributed by atoms with Crippen LogP contribution in [-0.4, -0.2) is 88.4 Å². The van der Waals surface area contributed by atoms with Crippen LogP contribution in [0.4, 0.5) is 20.3 Å². The molecule has 0 N–H and O–H groups in total. The second-order valence-electron chi connectivity index (χ2n) is 13.1. The van der Waals surface area contributed by atoms with Crippen LogP contribution >= 0.6 is 11.3 Å². The first-order chi connectivity index (χ1) is 23.7. The third kappa shape index (κ3) is 5.24. The minimum absolute atomic E-state index is 0.0630. The Kier molecular flexibility index (Phi) is 7.67. The van der Waals surface area contributed by atoms with Crippen LogP contribution in [0, 0.1) is 17.0 Å². The highest BCUT2D eigenvalue weighted by Gasteiger charge is 2.53. The molecule has 0 unspecified atom stereocenters. The van der Waals surface area contributed by atoms with Crippen molar-refractivity contribution in [2.75, 3.05) is 62.8 Å². The van der Waals surface area contributed by atoms with Crippen LogP contribution in [0.2, 0.25) is 0 Å². The Balaban J connectivity index is 1.24. The van der Waals surface area contributed by atoms with E-state index in [1.165, 1.54) is 30.6 Å². The van der Waals surface area contributed by atoms with Crippen LogP contribution in [0.3, 0.4) is 0 Å². The van der Waals surface area contributed by atoms with Crippen LogP contribution in [0.25, 0.3) is 32.6 Å². The summed E-state index contributed by atoms with van der Waals surface area (Å²) < 4.78 is 46.4. The number of hydrogen-bond donors (Lipinski definition) is 0. The van der Waals surface area contributed by atoms with Crippen molar-refractivity contribution in [3.05, 3.63) is 72.0 Å². The Morgan fingerprint density at radius 1 is 1.12 bits per heavy atom. The van der Waals surface area contributed by atoms with Gasteiger partial charge < -0.3 is 24.2 Å². The second kappa shape index (κ2) is 11.9. The highest BCUT2D eigenvalue weighted by molar-refractivity contribution is 7.18. The quantitative estimate of drug-likeness (QED) is 0.153. The van der Waals surface area contributed by atoms with Crippen LogP contribution < -0.4 is 14.5 Å². The van der Waals surface area contributed by atoms with E-state index in [9.17, 15) is 9.18 Å². The fourth-order valence-electron chi connectivity index (χ4n) is 7.48. The molecule has 2 saturated heterocycles. The Morgan fingerprint density at radius 2 is 1.92 bits per heavy atom. The lowest BCUT2D eigenvalue weighted by molar-refractivity contribution is -0.129. The normalized spacial score (nSPS) is 18.1. The molecule has 7 heterocycles. The first-order valence-electron chi connectivity index (χ1n) is 16.2. The number of carbonyl (C=O) groups excluding carboxylic acids is 1. The van der Waals surface area contributed by atoms with Gasteiger partial charge in [-0.15, -0.1) is 11.3 Å². The van der Waals surface area contributed by atoms with Gasteiger partial charge in [0.2, 0.25) is 5.91 Å². The van der Waals surface area contributed by atoms with Crippen molar-refractivity contribution < 1.29 is 23.0 Å². The van der Waals surface area contributed by atoms with E-state index in [1.807, 2.05) is 53.2 Å². The lowest BCUT2D eigenvalue weighted by Crippen LogP contribution is -2.72. The molecule has 4 aromatic heterocycles. The number of fused-ring (bicyclic) bond motifs is 2. The number of anilines is 2. The molecule has 14 heteroatoms. The molecule has 0 saturated carbocycles. The predicted octanol–water partition coefficient (Wildman–Crippen LogP) is 5.28. The van der Waals surface area contributed by atoms with E-state index in [-0.39, 0.29) is 41.9 Å². The first kappa shape index (κ1) is 31.4. The Hall–Kier alpha value is -4.82. The van der Waals surface area contributed by atoms with Gasteiger partial charge in [-0.1, -0.05) is 6.58 Å². The molecule has 1 spiro atoms. The number of amides is 1. The highest BCUT2D eigenvalue weighted by Crippen LogP contribution is 2.50. The molecule has 1 atom stereocenters. The van der Waals surface area contributed by atoms with E-state index in [2.05, 4.69) is 21.5 Å². The SMILES string of the molecule is C=CC(=O)N1CCn2nc(-c3nc(N4CC5(CN(c6cnn(C)c6)C5)C4)c4ccsc4c3-c3c(F)cc(F)cc3OCCOC)cc2[C@H]1C. The number of pyridine rings is 1. The zero-order chi connectivity index (χ0) is 34.0. The Labute approximate surface area is 285 Å².